The van der Waals surface area contributed by atoms with Crippen molar-refractivity contribution in [2.24, 2.45) is 0 Å². The lowest BCUT2D eigenvalue weighted by Gasteiger charge is -2.13. The highest BCUT2D eigenvalue weighted by molar-refractivity contribution is 5.98. The molecule has 0 fully saturated rings. The van der Waals surface area contributed by atoms with E-state index in [-0.39, 0.29) is 12.4 Å². The van der Waals surface area contributed by atoms with Crippen molar-refractivity contribution < 1.29 is 9.90 Å². The number of aromatic nitrogens is 1. The second-order valence-electron chi connectivity index (χ2n) is 7.07. The van der Waals surface area contributed by atoms with E-state index in [1.165, 1.54) is 16.7 Å². The van der Waals surface area contributed by atoms with Crippen LogP contribution in [0.4, 0.5) is 11.5 Å². The summed E-state index contributed by atoms with van der Waals surface area (Å²) in [4.78, 5) is 16.8. The number of carbonyl (C=O) groups excluding carboxylic acids is 1. The van der Waals surface area contributed by atoms with Crippen molar-refractivity contribution in [1.82, 2.24) is 4.98 Å². The van der Waals surface area contributed by atoms with E-state index in [1.807, 2.05) is 37.3 Å². The molecule has 144 valence electrons. The number of anilines is 2. The van der Waals surface area contributed by atoms with Crippen LogP contribution < -0.4 is 5.32 Å². The molecule has 0 amide bonds. The van der Waals surface area contributed by atoms with E-state index in [1.54, 1.807) is 6.20 Å². The second-order valence-corrected chi connectivity index (χ2v) is 7.07. The van der Waals surface area contributed by atoms with Crippen molar-refractivity contribution in [3.8, 4) is 0 Å². The summed E-state index contributed by atoms with van der Waals surface area (Å²) >= 11 is 0. The van der Waals surface area contributed by atoms with E-state index >= 15 is 0 Å². The summed E-state index contributed by atoms with van der Waals surface area (Å²) in [6.45, 7) is 4.06. The van der Waals surface area contributed by atoms with Crippen LogP contribution in [0.3, 0.4) is 0 Å². The van der Waals surface area contributed by atoms with Gasteiger partial charge in [0, 0.05) is 30.5 Å². The van der Waals surface area contributed by atoms with Crippen LogP contribution in [0, 0.1) is 13.8 Å². The fraction of sp³-hybridized carbons (Fsp3) is 0.250. The molecular formula is C24H26N2O2. The molecular weight excluding hydrogens is 348 g/mol. The largest absolute Gasteiger partial charge is 0.396 e. The van der Waals surface area contributed by atoms with Gasteiger partial charge >= 0.3 is 0 Å². The van der Waals surface area contributed by atoms with E-state index in [4.69, 9.17) is 5.11 Å². The van der Waals surface area contributed by atoms with Crippen LogP contribution in [0.1, 0.15) is 45.5 Å². The summed E-state index contributed by atoms with van der Waals surface area (Å²) in [6, 6.07) is 18.2. The summed E-state index contributed by atoms with van der Waals surface area (Å²) in [5.74, 6) is 0.810. The second kappa shape index (κ2) is 9.29. The van der Waals surface area contributed by atoms with Gasteiger partial charge in [-0.3, -0.25) is 4.79 Å². The molecule has 0 radical (unpaired) electrons. The minimum absolute atomic E-state index is 0.0282. The predicted octanol–water partition coefficient (Wildman–Crippen LogP) is 4.99. The number of pyridine rings is 1. The molecule has 0 saturated carbocycles. The zero-order valence-electron chi connectivity index (χ0n) is 16.4. The maximum Gasteiger partial charge on any atom is 0.163 e. The normalized spacial score (nSPS) is 10.7. The van der Waals surface area contributed by atoms with Gasteiger partial charge in [-0.05, 0) is 61.6 Å². The molecule has 0 aliphatic carbocycles. The number of nitrogens with zero attached hydrogens (tertiary/aromatic N) is 1. The third kappa shape index (κ3) is 5.05. The first-order chi connectivity index (χ1) is 13.6. The van der Waals surface area contributed by atoms with Crippen molar-refractivity contribution in [3.63, 3.8) is 0 Å². The molecule has 1 aromatic heterocycles. The average molecular weight is 374 g/mol. The Hall–Kier alpha value is -2.98. The molecule has 0 aliphatic heterocycles. The number of aryl methyl sites for hydroxylation is 1. The molecule has 4 nitrogen and oxygen atoms in total. The Morgan fingerprint density at radius 1 is 1.04 bits per heavy atom. The van der Waals surface area contributed by atoms with E-state index in [2.05, 4.69) is 41.5 Å². The molecule has 1 heterocycles. The lowest BCUT2D eigenvalue weighted by molar-refractivity contribution is 0.0970. The summed E-state index contributed by atoms with van der Waals surface area (Å²) in [6.07, 6.45) is 3.49. The third-order valence-corrected chi connectivity index (χ3v) is 4.77. The molecule has 3 aromatic rings. The minimum atomic E-state index is 0.0282. The molecule has 2 N–H and O–H groups in total. The van der Waals surface area contributed by atoms with Crippen molar-refractivity contribution in [3.05, 3.63) is 88.6 Å². The Bertz CT molecular complexity index is 966. The van der Waals surface area contributed by atoms with Crippen LogP contribution in [0.2, 0.25) is 0 Å². The zero-order chi connectivity index (χ0) is 19.9. The molecule has 0 bridgehead atoms. The summed E-state index contributed by atoms with van der Waals surface area (Å²) in [7, 11) is 0. The number of carbonyl (C=O) groups is 1. The molecule has 3 rings (SSSR count). The van der Waals surface area contributed by atoms with Gasteiger partial charge in [-0.1, -0.05) is 42.0 Å². The molecule has 28 heavy (non-hydrogen) atoms. The number of ketones is 1. The molecule has 0 unspecified atom stereocenters. The Morgan fingerprint density at radius 3 is 2.61 bits per heavy atom. The zero-order valence-corrected chi connectivity index (χ0v) is 16.4. The van der Waals surface area contributed by atoms with Crippen LogP contribution in [0.5, 0.6) is 0 Å². The maximum atomic E-state index is 12.4. The Balaban J connectivity index is 1.78. The predicted molar refractivity (Wildman–Crippen MR) is 113 cm³/mol. The fourth-order valence-electron chi connectivity index (χ4n) is 3.30. The van der Waals surface area contributed by atoms with Crippen molar-refractivity contribution in [1.29, 1.82) is 0 Å². The SMILES string of the molecule is Cc1cccc(Cc2ccnc(Nc3cccc(C(=O)CCCO)c3C)c2)c1. The molecule has 4 heteroatoms. The van der Waals surface area contributed by atoms with E-state index in [0.29, 0.717) is 18.4 Å². The Morgan fingerprint density at radius 2 is 1.82 bits per heavy atom. The number of benzene rings is 2. The van der Waals surface area contributed by atoms with Gasteiger partial charge in [-0.15, -0.1) is 0 Å². The molecule has 0 spiro atoms. The summed E-state index contributed by atoms with van der Waals surface area (Å²) in [5.41, 5.74) is 6.16. The Kier molecular flexibility index (Phi) is 6.56. The standard InChI is InChI=1S/C24H26N2O2/c1-17-6-3-7-19(14-17)15-20-11-12-25-24(16-20)26-22-9-4-8-21(18(22)2)23(28)10-5-13-27/h3-4,6-9,11-12,14,16,27H,5,10,13,15H2,1-2H3,(H,25,26). The minimum Gasteiger partial charge on any atom is -0.396 e. The van der Waals surface area contributed by atoms with Gasteiger partial charge in [0.2, 0.25) is 0 Å². The first kappa shape index (κ1) is 19.8. The van der Waals surface area contributed by atoms with Gasteiger partial charge in [0.15, 0.2) is 5.78 Å². The number of hydrogen-bond donors (Lipinski definition) is 2. The topological polar surface area (TPSA) is 62.2 Å². The lowest BCUT2D eigenvalue weighted by Crippen LogP contribution is -2.05. The highest BCUT2D eigenvalue weighted by atomic mass is 16.3. The van der Waals surface area contributed by atoms with Gasteiger partial charge in [-0.2, -0.15) is 0 Å². The number of aliphatic hydroxyl groups is 1. The summed E-state index contributed by atoms with van der Waals surface area (Å²) in [5, 5.41) is 12.3. The number of aliphatic hydroxyl groups excluding tert-OH is 1. The molecule has 0 atom stereocenters. The fourth-order valence-corrected chi connectivity index (χ4v) is 3.30. The van der Waals surface area contributed by atoms with Crippen LogP contribution in [-0.4, -0.2) is 22.5 Å². The first-order valence-corrected chi connectivity index (χ1v) is 9.58. The first-order valence-electron chi connectivity index (χ1n) is 9.58. The molecule has 0 aliphatic rings. The quantitative estimate of drug-likeness (QED) is 0.545. The van der Waals surface area contributed by atoms with Crippen LogP contribution in [0.15, 0.2) is 60.8 Å². The van der Waals surface area contributed by atoms with Crippen LogP contribution in [0.25, 0.3) is 0 Å². The van der Waals surface area contributed by atoms with Crippen LogP contribution >= 0.6 is 0 Å². The molecule has 0 saturated heterocycles. The average Bonchev–Trinajstić information content (AvgIpc) is 2.68. The highest BCUT2D eigenvalue weighted by Crippen LogP contribution is 2.24. The maximum absolute atomic E-state index is 12.4. The number of hydrogen-bond acceptors (Lipinski definition) is 4. The van der Waals surface area contributed by atoms with Gasteiger partial charge in [0.25, 0.3) is 0 Å². The van der Waals surface area contributed by atoms with E-state index in [0.717, 1.165) is 23.5 Å². The van der Waals surface area contributed by atoms with Gasteiger partial charge in [0.05, 0.1) is 0 Å². The van der Waals surface area contributed by atoms with Crippen LogP contribution in [-0.2, 0) is 6.42 Å². The summed E-state index contributed by atoms with van der Waals surface area (Å²) < 4.78 is 0. The van der Waals surface area contributed by atoms with Gasteiger partial charge in [-0.25, -0.2) is 4.98 Å². The third-order valence-electron chi connectivity index (χ3n) is 4.77. The van der Waals surface area contributed by atoms with Gasteiger partial charge in [0.1, 0.15) is 5.82 Å². The van der Waals surface area contributed by atoms with E-state index < -0.39 is 0 Å². The highest BCUT2D eigenvalue weighted by Gasteiger charge is 2.12. The molecule has 2 aromatic carbocycles. The van der Waals surface area contributed by atoms with Crippen molar-refractivity contribution in [2.45, 2.75) is 33.1 Å². The number of Topliss-reactive ketones (excluding diaryl/α,β-unsaturated/α-hetero) is 1. The smallest absolute Gasteiger partial charge is 0.163 e. The Labute approximate surface area is 166 Å². The lowest BCUT2D eigenvalue weighted by atomic mass is 10.00. The number of nitrogens with one attached hydrogen (secondary N) is 1. The monoisotopic (exact) mass is 374 g/mol. The number of rotatable bonds is 8. The van der Waals surface area contributed by atoms with Crippen molar-refractivity contribution >= 4 is 17.3 Å². The van der Waals surface area contributed by atoms with Crippen molar-refractivity contribution in [2.75, 3.05) is 11.9 Å². The van der Waals surface area contributed by atoms with Gasteiger partial charge < -0.3 is 10.4 Å². The van der Waals surface area contributed by atoms with E-state index in [9.17, 15) is 4.79 Å².